The molecule has 0 unspecified atom stereocenters. The van der Waals surface area contributed by atoms with E-state index in [4.69, 9.17) is 16.3 Å². The van der Waals surface area contributed by atoms with E-state index in [9.17, 15) is 18.0 Å². The molecule has 0 saturated heterocycles. The second-order valence-electron chi connectivity index (χ2n) is 10.7. The lowest BCUT2D eigenvalue weighted by Crippen LogP contribution is -2.52. The molecule has 2 amide bonds. The molecule has 0 aromatic heterocycles. The number of hydrogen-bond acceptors (Lipinski definition) is 5. The molecule has 3 aromatic rings. The highest BCUT2D eigenvalue weighted by Crippen LogP contribution is 2.30. The summed E-state index contributed by atoms with van der Waals surface area (Å²) in [5, 5.41) is 3.38. The minimum absolute atomic E-state index is 0.0521. The zero-order valence-corrected chi connectivity index (χ0v) is 26.6. The van der Waals surface area contributed by atoms with Crippen LogP contribution in [-0.2, 0) is 26.2 Å². The summed E-state index contributed by atoms with van der Waals surface area (Å²) in [5.74, 6) is 0.0158. The van der Waals surface area contributed by atoms with Crippen LogP contribution < -0.4 is 14.4 Å². The Kier molecular flexibility index (Phi) is 11.4. The molecule has 0 bridgehead atoms. The molecule has 0 saturated carbocycles. The standard InChI is InChI=1S/C32H40ClN3O5S/c1-7-29(32(38)34-19-22(2)3)35(20-25-9-8-10-27(18-25)41-6)31(37)21-36(30-16-13-26(33)17-24(30)5)42(39,40)28-14-11-23(4)12-15-28/h8-18,22,29H,7,19-21H2,1-6H3,(H,34,38)/t29-/m0/s1. The van der Waals surface area contributed by atoms with Gasteiger partial charge in [0.15, 0.2) is 0 Å². The number of hydrogen-bond donors (Lipinski definition) is 1. The van der Waals surface area contributed by atoms with E-state index in [0.717, 1.165) is 15.4 Å². The molecule has 1 N–H and O–H groups in total. The van der Waals surface area contributed by atoms with Gasteiger partial charge in [0.25, 0.3) is 10.0 Å². The first-order valence-corrected chi connectivity index (χ1v) is 15.7. The Balaban J connectivity index is 2.09. The van der Waals surface area contributed by atoms with E-state index < -0.39 is 28.5 Å². The van der Waals surface area contributed by atoms with Gasteiger partial charge in [-0.05, 0) is 79.8 Å². The fourth-order valence-corrected chi connectivity index (χ4v) is 6.26. The molecule has 0 aliphatic rings. The van der Waals surface area contributed by atoms with Crippen molar-refractivity contribution in [3.8, 4) is 5.75 Å². The number of nitrogens with zero attached hydrogens (tertiary/aromatic N) is 2. The van der Waals surface area contributed by atoms with Crippen molar-refractivity contribution in [2.45, 2.75) is 58.5 Å². The molecule has 226 valence electrons. The van der Waals surface area contributed by atoms with Crippen molar-refractivity contribution in [1.82, 2.24) is 10.2 Å². The Labute approximate surface area is 254 Å². The number of methoxy groups -OCH3 is 1. The van der Waals surface area contributed by atoms with E-state index in [1.54, 1.807) is 56.5 Å². The molecule has 10 heteroatoms. The number of rotatable bonds is 13. The van der Waals surface area contributed by atoms with Crippen molar-refractivity contribution in [2.24, 2.45) is 5.92 Å². The molecule has 42 heavy (non-hydrogen) atoms. The van der Waals surface area contributed by atoms with Crippen molar-refractivity contribution in [3.05, 3.63) is 88.4 Å². The molecule has 0 aliphatic heterocycles. The first kappa shape index (κ1) is 32.9. The van der Waals surface area contributed by atoms with Gasteiger partial charge in [-0.2, -0.15) is 0 Å². The predicted octanol–water partition coefficient (Wildman–Crippen LogP) is 5.74. The van der Waals surface area contributed by atoms with Crippen LogP contribution in [-0.4, -0.2) is 51.4 Å². The van der Waals surface area contributed by atoms with Crippen LogP contribution in [0.15, 0.2) is 71.6 Å². The van der Waals surface area contributed by atoms with E-state index in [1.807, 2.05) is 39.8 Å². The molecule has 0 spiro atoms. The van der Waals surface area contributed by atoms with Crippen molar-refractivity contribution in [3.63, 3.8) is 0 Å². The summed E-state index contributed by atoms with van der Waals surface area (Å²) >= 11 is 6.19. The van der Waals surface area contributed by atoms with E-state index in [0.29, 0.717) is 35.0 Å². The Morgan fingerprint density at radius 2 is 1.69 bits per heavy atom. The number of carbonyl (C=O) groups is 2. The zero-order chi connectivity index (χ0) is 31.0. The van der Waals surface area contributed by atoms with Gasteiger partial charge in [0.2, 0.25) is 11.8 Å². The Hall–Kier alpha value is -3.56. The summed E-state index contributed by atoms with van der Waals surface area (Å²) < 4.78 is 34.6. The highest BCUT2D eigenvalue weighted by Gasteiger charge is 2.34. The average molecular weight is 614 g/mol. The van der Waals surface area contributed by atoms with Gasteiger partial charge in [-0.3, -0.25) is 13.9 Å². The van der Waals surface area contributed by atoms with Crippen molar-refractivity contribution < 1.29 is 22.7 Å². The van der Waals surface area contributed by atoms with Crippen LogP contribution in [0.3, 0.4) is 0 Å². The second-order valence-corrected chi connectivity index (χ2v) is 13.0. The van der Waals surface area contributed by atoms with E-state index >= 15 is 0 Å². The first-order valence-electron chi connectivity index (χ1n) is 13.9. The Morgan fingerprint density at radius 1 is 1.00 bits per heavy atom. The normalized spacial score (nSPS) is 12.1. The number of sulfonamides is 1. The number of nitrogens with one attached hydrogen (secondary N) is 1. The maximum Gasteiger partial charge on any atom is 0.264 e. The zero-order valence-electron chi connectivity index (χ0n) is 25.1. The van der Waals surface area contributed by atoms with Crippen LogP contribution in [0, 0.1) is 19.8 Å². The van der Waals surface area contributed by atoms with Gasteiger partial charge in [0, 0.05) is 18.1 Å². The minimum Gasteiger partial charge on any atom is -0.497 e. The van der Waals surface area contributed by atoms with Crippen LogP contribution in [0.25, 0.3) is 0 Å². The summed E-state index contributed by atoms with van der Waals surface area (Å²) in [6, 6.07) is 17.7. The van der Waals surface area contributed by atoms with E-state index in [1.165, 1.54) is 17.0 Å². The van der Waals surface area contributed by atoms with Gasteiger partial charge >= 0.3 is 0 Å². The predicted molar refractivity (Wildman–Crippen MR) is 167 cm³/mol. The molecule has 1 atom stereocenters. The van der Waals surface area contributed by atoms with Gasteiger partial charge in [0.05, 0.1) is 17.7 Å². The number of anilines is 1. The maximum absolute atomic E-state index is 14.2. The number of aryl methyl sites for hydroxylation is 2. The molecule has 0 aliphatic carbocycles. The van der Waals surface area contributed by atoms with Gasteiger partial charge in [-0.25, -0.2) is 8.42 Å². The first-order chi connectivity index (χ1) is 19.9. The number of amides is 2. The highest BCUT2D eigenvalue weighted by molar-refractivity contribution is 7.92. The molecule has 3 rings (SSSR count). The van der Waals surface area contributed by atoms with Gasteiger partial charge in [0.1, 0.15) is 18.3 Å². The van der Waals surface area contributed by atoms with Crippen molar-refractivity contribution in [1.29, 1.82) is 0 Å². The molecular weight excluding hydrogens is 574 g/mol. The molecule has 3 aromatic carbocycles. The van der Waals surface area contributed by atoms with Crippen LogP contribution in [0.5, 0.6) is 5.75 Å². The van der Waals surface area contributed by atoms with Gasteiger partial charge in [-0.15, -0.1) is 0 Å². The summed E-state index contributed by atoms with van der Waals surface area (Å²) in [4.78, 5) is 29.1. The topological polar surface area (TPSA) is 96.0 Å². The molecule has 8 nitrogen and oxygen atoms in total. The fourth-order valence-electron chi connectivity index (χ4n) is 4.56. The third-order valence-corrected chi connectivity index (χ3v) is 8.88. The number of halogens is 1. The third kappa shape index (κ3) is 8.26. The van der Waals surface area contributed by atoms with E-state index in [-0.39, 0.29) is 23.3 Å². The average Bonchev–Trinajstić information content (AvgIpc) is 2.95. The summed E-state index contributed by atoms with van der Waals surface area (Å²) in [6.45, 7) is 9.44. The van der Waals surface area contributed by atoms with Crippen molar-refractivity contribution in [2.75, 3.05) is 24.5 Å². The minimum atomic E-state index is -4.17. The van der Waals surface area contributed by atoms with Gasteiger partial charge < -0.3 is 15.0 Å². The molecule has 0 fully saturated rings. The molecule has 0 radical (unpaired) electrons. The second kappa shape index (κ2) is 14.6. The number of ether oxygens (including phenoxy) is 1. The van der Waals surface area contributed by atoms with Crippen LogP contribution in [0.1, 0.15) is 43.9 Å². The third-order valence-electron chi connectivity index (χ3n) is 6.87. The summed E-state index contributed by atoms with van der Waals surface area (Å²) in [7, 11) is -2.62. The fraction of sp³-hybridized carbons (Fsp3) is 0.375. The van der Waals surface area contributed by atoms with Crippen LogP contribution in [0.2, 0.25) is 5.02 Å². The summed E-state index contributed by atoms with van der Waals surface area (Å²) in [5.41, 5.74) is 2.56. The smallest absolute Gasteiger partial charge is 0.264 e. The largest absolute Gasteiger partial charge is 0.497 e. The quantitative estimate of drug-likeness (QED) is 0.265. The summed E-state index contributed by atoms with van der Waals surface area (Å²) in [6.07, 6.45) is 0.338. The number of carbonyl (C=O) groups excluding carboxylic acids is 2. The molecular formula is C32H40ClN3O5S. The Bertz CT molecular complexity index is 1490. The van der Waals surface area contributed by atoms with Gasteiger partial charge in [-0.1, -0.05) is 62.2 Å². The monoisotopic (exact) mass is 613 g/mol. The van der Waals surface area contributed by atoms with Crippen LogP contribution >= 0.6 is 11.6 Å². The van der Waals surface area contributed by atoms with E-state index in [2.05, 4.69) is 5.32 Å². The Morgan fingerprint density at radius 3 is 2.29 bits per heavy atom. The highest BCUT2D eigenvalue weighted by atomic mass is 35.5. The lowest BCUT2D eigenvalue weighted by molar-refractivity contribution is -0.140. The SMILES string of the molecule is CC[C@@H](C(=O)NCC(C)C)N(Cc1cccc(OC)c1)C(=O)CN(c1ccc(Cl)cc1C)S(=O)(=O)c1ccc(C)cc1. The lowest BCUT2D eigenvalue weighted by Gasteiger charge is -2.33. The van der Waals surface area contributed by atoms with Crippen LogP contribution in [0.4, 0.5) is 5.69 Å². The maximum atomic E-state index is 14.2. The molecule has 0 heterocycles. The number of benzene rings is 3. The lowest BCUT2D eigenvalue weighted by atomic mass is 10.1. The van der Waals surface area contributed by atoms with Crippen molar-refractivity contribution >= 4 is 39.1 Å².